The van der Waals surface area contributed by atoms with Crippen molar-refractivity contribution >= 4 is 23.0 Å². The number of aromatic hydroxyl groups is 1. The normalized spacial score (nSPS) is 11.0. The second-order valence-corrected chi connectivity index (χ2v) is 4.83. The van der Waals surface area contributed by atoms with Crippen LogP contribution in [-0.2, 0) is 4.79 Å². The molecule has 0 bridgehead atoms. The molecule has 1 rings (SSSR count). The molecule has 0 radical (unpaired) electrons. The van der Waals surface area contributed by atoms with E-state index in [9.17, 15) is 35.1 Å². The van der Waals surface area contributed by atoms with E-state index >= 15 is 0 Å². The van der Waals surface area contributed by atoms with E-state index in [1.54, 1.807) is 0 Å². The molecule has 0 aliphatic heterocycles. The standard InChI is InChI=1S/C6H3N3O7.C6H14N2O2/c10-6-4(8(13)14)1-3(7(11)12)2-5(6)9(15)16;7-4-2-1-3-5(8)6(9)10/h1-2,10H;5H,1-4,7-8H2,(H,9,10)/t;5-/m.0/s1. The van der Waals surface area contributed by atoms with E-state index in [1.165, 1.54) is 0 Å². The zero-order valence-corrected chi connectivity index (χ0v) is 13.3. The highest BCUT2D eigenvalue weighted by atomic mass is 16.6. The van der Waals surface area contributed by atoms with Crippen LogP contribution in [-0.4, -0.2) is 43.5 Å². The lowest BCUT2D eigenvalue weighted by molar-refractivity contribution is -0.404. The Balaban J connectivity index is 0.000000541. The second-order valence-electron chi connectivity index (χ2n) is 4.83. The van der Waals surface area contributed by atoms with Crippen LogP contribution < -0.4 is 11.5 Å². The zero-order valence-electron chi connectivity index (χ0n) is 13.3. The van der Waals surface area contributed by atoms with Crippen molar-refractivity contribution in [3.8, 4) is 5.75 Å². The maximum absolute atomic E-state index is 10.4. The van der Waals surface area contributed by atoms with E-state index in [2.05, 4.69) is 0 Å². The molecule has 1 aromatic rings. The van der Waals surface area contributed by atoms with Gasteiger partial charge in [-0.3, -0.25) is 35.1 Å². The number of phenolic OH excluding ortho intramolecular Hbond substituents is 1. The van der Waals surface area contributed by atoms with E-state index < -0.39 is 49.6 Å². The molecule has 6 N–H and O–H groups in total. The summed E-state index contributed by atoms with van der Waals surface area (Å²) in [4.78, 5) is 37.9. The Morgan fingerprint density at radius 3 is 1.81 bits per heavy atom. The predicted molar refractivity (Wildman–Crippen MR) is 86.6 cm³/mol. The molecule has 26 heavy (non-hydrogen) atoms. The molecule has 0 fully saturated rings. The number of hydrogen-bond donors (Lipinski definition) is 4. The third-order valence-electron chi connectivity index (χ3n) is 2.95. The summed E-state index contributed by atoms with van der Waals surface area (Å²) in [5.41, 5.74) is 7.42. The molecular weight excluding hydrogens is 358 g/mol. The van der Waals surface area contributed by atoms with Gasteiger partial charge in [-0.2, -0.15) is 0 Å². The maximum atomic E-state index is 10.4. The van der Waals surface area contributed by atoms with Crippen molar-refractivity contribution in [2.75, 3.05) is 6.54 Å². The summed E-state index contributed by atoms with van der Waals surface area (Å²) in [6.07, 6.45) is 2.16. The van der Waals surface area contributed by atoms with Crippen LogP contribution in [0.15, 0.2) is 12.1 Å². The first-order valence-electron chi connectivity index (χ1n) is 7.01. The Hall–Kier alpha value is -3.39. The van der Waals surface area contributed by atoms with Gasteiger partial charge in [-0.1, -0.05) is 6.42 Å². The van der Waals surface area contributed by atoms with Gasteiger partial charge in [0.15, 0.2) is 0 Å². The third kappa shape index (κ3) is 7.02. The van der Waals surface area contributed by atoms with Crippen molar-refractivity contribution in [3.63, 3.8) is 0 Å². The summed E-state index contributed by atoms with van der Waals surface area (Å²) >= 11 is 0. The SMILES string of the molecule is NCCCC[C@H](N)C(=O)O.O=[N+]([O-])c1cc([N+](=O)[O-])c(O)c([N+](=O)[O-])c1. The van der Waals surface area contributed by atoms with Gasteiger partial charge in [0.1, 0.15) is 6.04 Å². The van der Waals surface area contributed by atoms with Gasteiger partial charge >= 0.3 is 17.3 Å². The summed E-state index contributed by atoms with van der Waals surface area (Å²) in [7, 11) is 0. The second kappa shape index (κ2) is 10.5. The first-order chi connectivity index (χ1) is 12.0. The number of phenols is 1. The fourth-order valence-corrected chi connectivity index (χ4v) is 1.61. The number of carboxylic acids is 1. The molecule has 1 aromatic carbocycles. The Labute approximate surface area is 145 Å². The Kier molecular flexibility index (Phi) is 9.10. The number of non-ortho nitro benzene ring substituents is 1. The Bertz CT molecular complexity index is 659. The number of hydrogen-bond acceptors (Lipinski definition) is 10. The first kappa shape index (κ1) is 22.6. The van der Waals surface area contributed by atoms with Crippen LogP contribution in [0.3, 0.4) is 0 Å². The van der Waals surface area contributed by atoms with Crippen LogP contribution in [0, 0.1) is 30.3 Å². The summed E-state index contributed by atoms with van der Waals surface area (Å²) in [6.45, 7) is 0.604. The number of carbonyl (C=O) groups is 1. The Morgan fingerprint density at radius 1 is 1.04 bits per heavy atom. The lowest BCUT2D eigenvalue weighted by Crippen LogP contribution is -2.29. The number of rotatable bonds is 8. The first-order valence-corrected chi connectivity index (χ1v) is 7.01. The van der Waals surface area contributed by atoms with Crippen LogP contribution >= 0.6 is 0 Å². The topological polar surface area (TPSA) is 239 Å². The monoisotopic (exact) mass is 375 g/mol. The summed E-state index contributed by atoms with van der Waals surface area (Å²) in [5, 5.41) is 48.5. The van der Waals surface area contributed by atoms with Gasteiger partial charge in [-0.25, -0.2) is 0 Å². The van der Waals surface area contributed by atoms with Crippen LogP contribution in [0.5, 0.6) is 5.75 Å². The van der Waals surface area contributed by atoms with Crippen molar-refractivity contribution in [1.29, 1.82) is 0 Å². The van der Waals surface area contributed by atoms with Crippen LogP contribution in [0.1, 0.15) is 19.3 Å². The molecule has 0 aromatic heterocycles. The van der Waals surface area contributed by atoms with Gasteiger partial charge in [-0.15, -0.1) is 0 Å². The summed E-state index contributed by atoms with van der Waals surface area (Å²) in [6, 6.07) is 0.177. The average Bonchev–Trinajstić information content (AvgIpc) is 2.54. The number of nitrogens with zero attached hydrogens (tertiary/aromatic N) is 3. The molecular formula is C12H17N5O9. The van der Waals surface area contributed by atoms with Crippen molar-refractivity contribution in [1.82, 2.24) is 0 Å². The minimum absolute atomic E-state index is 0.447. The molecule has 14 heteroatoms. The van der Waals surface area contributed by atoms with Crippen LogP contribution in [0.4, 0.5) is 17.1 Å². The van der Waals surface area contributed by atoms with Gasteiger partial charge in [0, 0.05) is 0 Å². The fraction of sp³-hybridized carbons (Fsp3) is 0.417. The van der Waals surface area contributed by atoms with E-state index in [1.807, 2.05) is 0 Å². The zero-order chi connectivity index (χ0) is 20.4. The lowest BCUT2D eigenvalue weighted by atomic mass is 10.1. The van der Waals surface area contributed by atoms with E-state index in [0.29, 0.717) is 25.1 Å². The highest BCUT2D eigenvalue weighted by Gasteiger charge is 2.30. The molecule has 0 amide bonds. The molecule has 14 nitrogen and oxygen atoms in total. The van der Waals surface area contributed by atoms with E-state index in [0.717, 1.165) is 12.8 Å². The minimum Gasteiger partial charge on any atom is -0.497 e. The van der Waals surface area contributed by atoms with Gasteiger partial charge < -0.3 is 21.7 Å². The summed E-state index contributed by atoms with van der Waals surface area (Å²) < 4.78 is 0. The predicted octanol–water partition coefficient (Wildman–Crippen LogP) is 0.644. The molecule has 0 aliphatic carbocycles. The van der Waals surface area contributed by atoms with Crippen molar-refractivity contribution in [2.45, 2.75) is 25.3 Å². The highest BCUT2D eigenvalue weighted by molar-refractivity contribution is 5.72. The molecule has 0 unspecified atom stereocenters. The largest absolute Gasteiger partial charge is 0.497 e. The number of nitrogens with two attached hydrogens (primary N) is 2. The van der Waals surface area contributed by atoms with Crippen molar-refractivity contribution < 1.29 is 29.8 Å². The van der Waals surface area contributed by atoms with Gasteiger partial charge in [-0.05, 0) is 19.4 Å². The van der Waals surface area contributed by atoms with Gasteiger partial charge in [0.05, 0.1) is 26.9 Å². The van der Waals surface area contributed by atoms with Crippen molar-refractivity contribution in [3.05, 3.63) is 42.5 Å². The maximum Gasteiger partial charge on any atom is 0.324 e. The third-order valence-corrected chi connectivity index (χ3v) is 2.95. The van der Waals surface area contributed by atoms with E-state index in [4.69, 9.17) is 21.7 Å². The van der Waals surface area contributed by atoms with Gasteiger partial charge in [0.2, 0.25) is 0 Å². The minimum atomic E-state index is -1.21. The molecule has 0 spiro atoms. The average molecular weight is 375 g/mol. The highest BCUT2D eigenvalue weighted by Crippen LogP contribution is 2.38. The smallest absolute Gasteiger partial charge is 0.324 e. The number of nitro groups is 3. The quantitative estimate of drug-likeness (QED) is 0.279. The number of aliphatic carboxylic acids is 1. The number of benzene rings is 1. The number of unbranched alkanes of at least 4 members (excludes halogenated alkanes) is 1. The lowest BCUT2D eigenvalue weighted by Gasteiger charge is -2.03. The van der Waals surface area contributed by atoms with Crippen LogP contribution in [0.25, 0.3) is 0 Å². The Morgan fingerprint density at radius 2 is 1.50 bits per heavy atom. The van der Waals surface area contributed by atoms with Crippen LogP contribution in [0.2, 0.25) is 0 Å². The van der Waals surface area contributed by atoms with Crippen molar-refractivity contribution in [2.24, 2.45) is 11.5 Å². The number of nitro benzene ring substituents is 3. The summed E-state index contributed by atoms with van der Waals surface area (Å²) in [5.74, 6) is -2.14. The number of carboxylic acid groups (broad SMARTS) is 1. The molecule has 0 saturated heterocycles. The fourth-order valence-electron chi connectivity index (χ4n) is 1.61. The van der Waals surface area contributed by atoms with E-state index in [-0.39, 0.29) is 0 Å². The molecule has 144 valence electrons. The molecule has 0 aliphatic rings. The molecule has 0 heterocycles. The van der Waals surface area contributed by atoms with Gasteiger partial charge in [0.25, 0.3) is 11.4 Å². The molecule has 0 saturated carbocycles. The molecule has 1 atom stereocenters.